The molecule has 0 bridgehead atoms. The highest BCUT2D eigenvalue weighted by atomic mass is 16.5. The van der Waals surface area contributed by atoms with Gasteiger partial charge in [0.1, 0.15) is 0 Å². The first-order valence-electron chi connectivity index (χ1n) is 5.08. The SMILES string of the molecule is COCCO[C@H]1CN[C@@H](C(C)C)C1. The van der Waals surface area contributed by atoms with E-state index in [-0.39, 0.29) is 0 Å². The maximum Gasteiger partial charge on any atom is 0.0715 e. The van der Waals surface area contributed by atoms with Crippen LogP contribution in [-0.2, 0) is 9.47 Å². The van der Waals surface area contributed by atoms with E-state index in [1.807, 2.05) is 0 Å². The van der Waals surface area contributed by atoms with Crippen molar-refractivity contribution >= 4 is 0 Å². The Bertz CT molecular complexity index is 139. The monoisotopic (exact) mass is 187 g/mol. The van der Waals surface area contributed by atoms with Crippen LogP contribution in [0.1, 0.15) is 20.3 Å². The third-order valence-corrected chi connectivity index (χ3v) is 2.57. The molecule has 78 valence electrons. The minimum atomic E-state index is 0.391. The highest BCUT2D eigenvalue weighted by Gasteiger charge is 2.26. The van der Waals surface area contributed by atoms with Gasteiger partial charge < -0.3 is 14.8 Å². The zero-order chi connectivity index (χ0) is 9.68. The summed E-state index contributed by atoms with van der Waals surface area (Å²) >= 11 is 0. The van der Waals surface area contributed by atoms with Crippen molar-refractivity contribution in [2.24, 2.45) is 5.92 Å². The number of nitrogens with one attached hydrogen (secondary N) is 1. The second-order valence-electron chi connectivity index (χ2n) is 3.98. The Morgan fingerprint density at radius 3 is 2.69 bits per heavy atom. The van der Waals surface area contributed by atoms with Gasteiger partial charge >= 0.3 is 0 Å². The van der Waals surface area contributed by atoms with E-state index < -0.39 is 0 Å². The van der Waals surface area contributed by atoms with Gasteiger partial charge in [-0.25, -0.2) is 0 Å². The van der Waals surface area contributed by atoms with Crippen LogP contribution in [0.4, 0.5) is 0 Å². The summed E-state index contributed by atoms with van der Waals surface area (Å²) in [6.07, 6.45) is 1.53. The van der Waals surface area contributed by atoms with Gasteiger partial charge in [0.25, 0.3) is 0 Å². The van der Waals surface area contributed by atoms with Crippen LogP contribution in [0.25, 0.3) is 0 Å². The minimum Gasteiger partial charge on any atom is -0.382 e. The largest absolute Gasteiger partial charge is 0.382 e. The molecule has 0 unspecified atom stereocenters. The van der Waals surface area contributed by atoms with Crippen LogP contribution in [0, 0.1) is 5.92 Å². The van der Waals surface area contributed by atoms with Crippen molar-refractivity contribution in [1.29, 1.82) is 0 Å². The molecule has 0 aromatic rings. The number of ether oxygens (including phenoxy) is 2. The quantitative estimate of drug-likeness (QED) is 0.652. The van der Waals surface area contributed by atoms with Crippen molar-refractivity contribution in [3.63, 3.8) is 0 Å². The summed E-state index contributed by atoms with van der Waals surface area (Å²) in [4.78, 5) is 0. The first kappa shape index (κ1) is 11.0. The van der Waals surface area contributed by atoms with Gasteiger partial charge in [-0.1, -0.05) is 13.8 Å². The van der Waals surface area contributed by atoms with Crippen molar-refractivity contribution < 1.29 is 9.47 Å². The van der Waals surface area contributed by atoms with Crippen molar-refractivity contribution in [2.75, 3.05) is 26.9 Å². The second kappa shape index (κ2) is 5.58. The van der Waals surface area contributed by atoms with Crippen LogP contribution in [0.5, 0.6) is 0 Å². The molecule has 0 aromatic heterocycles. The number of hydrogen-bond donors (Lipinski definition) is 1. The summed E-state index contributed by atoms with van der Waals surface area (Å²) in [5, 5.41) is 3.47. The molecule has 0 aliphatic carbocycles. The summed E-state index contributed by atoms with van der Waals surface area (Å²) < 4.78 is 10.6. The fourth-order valence-electron chi connectivity index (χ4n) is 1.67. The molecule has 1 fully saturated rings. The molecule has 3 heteroatoms. The molecular weight excluding hydrogens is 166 g/mol. The summed E-state index contributed by atoms with van der Waals surface area (Å²) in [6.45, 7) is 6.90. The average Bonchev–Trinajstić information content (AvgIpc) is 2.53. The normalized spacial score (nSPS) is 28.6. The smallest absolute Gasteiger partial charge is 0.0715 e. The molecule has 1 heterocycles. The van der Waals surface area contributed by atoms with E-state index in [2.05, 4.69) is 19.2 Å². The van der Waals surface area contributed by atoms with Crippen LogP contribution in [-0.4, -0.2) is 39.0 Å². The number of rotatable bonds is 5. The Labute approximate surface area is 80.8 Å². The molecule has 1 aliphatic heterocycles. The Kier molecular flexibility index (Phi) is 4.70. The Balaban J connectivity index is 2.10. The topological polar surface area (TPSA) is 30.5 Å². The lowest BCUT2D eigenvalue weighted by Crippen LogP contribution is -2.26. The van der Waals surface area contributed by atoms with Gasteiger partial charge in [0, 0.05) is 19.7 Å². The molecule has 0 spiro atoms. The van der Waals surface area contributed by atoms with E-state index in [1.54, 1.807) is 7.11 Å². The van der Waals surface area contributed by atoms with Crippen LogP contribution < -0.4 is 5.32 Å². The predicted octanol–water partition coefficient (Wildman–Crippen LogP) is 1.04. The molecule has 1 rings (SSSR count). The van der Waals surface area contributed by atoms with Gasteiger partial charge in [-0.05, 0) is 12.3 Å². The van der Waals surface area contributed by atoms with Crippen LogP contribution in [0.2, 0.25) is 0 Å². The molecule has 3 nitrogen and oxygen atoms in total. The van der Waals surface area contributed by atoms with Crippen molar-refractivity contribution in [1.82, 2.24) is 5.32 Å². The van der Waals surface area contributed by atoms with E-state index in [4.69, 9.17) is 9.47 Å². The highest BCUT2D eigenvalue weighted by molar-refractivity contribution is 4.84. The van der Waals surface area contributed by atoms with Gasteiger partial charge in [-0.2, -0.15) is 0 Å². The van der Waals surface area contributed by atoms with E-state index >= 15 is 0 Å². The van der Waals surface area contributed by atoms with Crippen LogP contribution in [0.15, 0.2) is 0 Å². The zero-order valence-corrected chi connectivity index (χ0v) is 8.88. The maximum absolute atomic E-state index is 5.64. The molecule has 2 atom stereocenters. The summed E-state index contributed by atoms with van der Waals surface area (Å²) in [7, 11) is 1.70. The summed E-state index contributed by atoms with van der Waals surface area (Å²) in [5.74, 6) is 0.705. The van der Waals surface area contributed by atoms with Crippen molar-refractivity contribution in [3.05, 3.63) is 0 Å². The Morgan fingerprint density at radius 2 is 2.15 bits per heavy atom. The first-order valence-corrected chi connectivity index (χ1v) is 5.08. The maximum atomic E-state index is 5.64. The average molecular weight is 187 g/mol. The van der Waals surface area contributed by atoms with Crippen LogP contribution >= 0.6 is 0 Å². The molecular formula is C10H21NO2. The summed E-state index contributed by atoms with van der Waals surface area (Å²) in [6, 6.07) is 0.632. The predicted molar refractivity (Wildman–Crippen MR) is 52.9 cm³/mol. The van der Waals surface area contributed by atoms with Gasteiger partial charge in [-0.3, -0.25) is 0 Å². The van der Waals surface area contributed by atoms with Gasteiger partial charge in [0.05, 0.1) is 19.3 Å². The molecule has 0 amide bonds. The molecule has 0 aromatic carbocycles. The second-order valence-corrected chi connectivity index (χ2v) is 3.98. The standard InChI is InChI=1S/C10H21NO2/c1-8(2)10-6-9(7-11-10)13-5-4-12-3/h8-11H,4-7H2,1-3H3/t9-,10-/m1/s1. The summed E-state index contributed by atoms with van der Waals surface area (Å²) in [5.41, 5.74) is 0. The van der Waals surface area contributed by atoms with E-state index in [9.17, 15) is 0 Å². The molecule has 13 heavy (non-hydrogen) atoms. The van der Waals surface area contributed by atoms with E-state index in [1.165, 1.54) is 0 Å². The Morgan fingerprint density at radius 1 is 1.38 bits per heavy atom. The highest BCUT2D eigenvalue weighted by Crippen LogP contribution is 2.16. The van der Waals surface area contributed by atoms with Crippen molar-refractivity contribution in [3.8, 4) is 0 Å². The lowest BCUT2D eigenvalue weighted by atomic mass is 10.0. The molecule has 0 saturated carbocycles. The third kappa shape index (κ3) is 3.63. The first-order chi connectivity index (χ1) is 6.24. The minimum absolute atomic E-state index is 0.391. The van der Waals surface area contributed by atoms with Crippen molar-refractivity contribution in [2.45, 2.75) is 32.4 Å². The van der Waals surface area contributed by atoms with Gasteiger partial charge in [0.15, 0.2) is 0 Å². The van der Waals surface area contributed by atoms with E-state index in [0.717, 1.165) is 13.0 Å². The molecule has 1 saturated heterocycles. The third-order valence-electron chi connectivity index (χ3n) is 2.57. The van der Waals surface area contributed by atoms with Crippen LogP contribution in [0.3, 0.4) is 0 Å². The fourth-order valence-corrected chi connectivity index (χ4v) is 1.67. The lowest BCUT2D eigenvalue weighted by Gasteiger charge is -2.14. The Hall–Kier alpha value is -0.120. The lowest BCUT2D eigenvalue weighted by molar-refractivity contribution is 0.0255. The fraction of sp³-hybridized carbons (Fsp3) is 1.00. The molecule has 0 radical (unpaired) electrons. The number of hydrogen-bond acceptors (Lipinski definition) is 3. The number of methoxy groups -OCH3 is 1. The molecule has 1 aliphatic rings. The zero-order valence-electron chi connectivity index (χ0n) is 8.88. The van der Waals surface area contributed by atoms with Gasteiger partial charge in [-0.15, -0.1) is 0 Å². The van der Waals surface area contributed by atoms with Gasteiger partial charge in [0.2, 0.25) is 0 Å². The van der Waals surface area contributed by atoms with E-state index in [0.29, 0.717) is 31.3 Å². The molecule has 1 N–H and O–H groups in total.